The lowest BCUT2D eigenvalue weighted by Gasteiger charge is -2.18. The Kier molecular flexibility index (Phi) is 7.39. The maximum absolute atomic E-state index is 11.3. The van der Waals surface area contributed by atoms with Crippen LogP contribution in [-0.2, 0) is 6.61 Å². The molecule has 0 aliphatic heterocycles. The molecule has 3 aromatic carbocycles. The smallest absolute Gasteiger partial charge is 0.280 e. The fourth-order valence-electron chi connectivity index (χ4n) is 4.09. The lowest BCUT2D eigenvalue weighted by Crippen LogP contribution is -2.21. The Bertz CT molecular complexity index is 1330. The Morgan fingerprint density at radius 3 is 2.29 bits per heavy atom. The van der Waals surface area contributed by atoms with Crippen molar-refractivity contribution >= 4 is 0 Å². The molecular formula is C28H29NO6. The van der Waals surface area contributed by atoms with E-state index in [4.69, 9.17) is 19.1 Å². The van der Waals surface area contributed by atoms with Gasteiger partial charge in [-0.2, -0.15) is 5.16 Å². The van der Waals surface area contributed by atoms with E-state index < -0.39 is 6.10 Å². The number of aliphatic hydroxyl groups is 2. The zero-order chi connectivity index (χ0) is 24.9. The first kappa shape index (κ1) is 24.3. The Labute approximate surface area is 203 Å². The van der Waals surface area contributed by atoms with Crippen molar-refractivity contribution in [1.82, 2.24) is 5.16 Å². The van der Waals surface area contributed by atoms with Crippen molar-refractivity contribution in [1.29, 1.82) is 0 Å². The molecule has 1 aromatic heterocycles. The summed E-state index contributed by atoms with van der Waals surface area (Å²) in [6.45, 7) is 6.28. The molecule has 4 rings (SSSR count). The monoisotopic (exact) mass is 475 g/mol. The van der Waals surface area contributed by atoms with Crippen LogP contribution in [0.4, 0.5) is 0 Å². The second-order valence-corrected chi connectivity index (χ2v) is 8.56. The van der Waals surface area contributed by atoms with Crippen LogP contribution < -0.4 is 15.0 Å². The second kappa shape index (κ2) is 10.6. The van der Waals surface area contributed by atoms with Crippen LogP contribution in [-0.4, -0.2) is 34.7 Å². The zero-order valence-corrected chi connectivity index (χ0v) is 20.0. The molecule has 0 unspecified atom stereocenters. The quantitative estimate of drug-likeness (QED) is 0.328. The van der Waals surface area contributed by atoms with Crippen LogP contribution in [0.1, 0.15) is 22.3 Å². The number of ether oxygens (including phenoxy) is 2. The number of nitrogens with one attached hydrogen (secondary N) is 1. The summed E-state index contributed by atoms with van der Waals surface area (Å²) in [6, 6.07) is 18.9. The number of aryl methyl sites for hydroxylation is 2. The van der Waals surface area contributed by atoms with E-state index in [-0.39, 0.29) is 18.8 Å². The molecule has 0 fully saturated rings. The van der Waals surface area contributed by atoms with Gasteiger partial charge in [0.2, 0.25) is 0 Å². The molecule has 0 amide bonds. The molecule has 35 heavy (non-hydrogen) atoms. The van der Waals surface area contributed by atoms with E-state index in [1.807, 2.05) is 56.3 Å². The fraction of sp³-hybridized carbons (Fsp3) is 0.250. The summed E-state index contributed by atoms with van der Waals surface area (Å²) >= 11 is 0. The van der Waals surface area contributed by atoms with Crippen molar-refractivity contribution in [2.45, 2.75) is 33.5 Å². The van der Waals surface area contributed by atoms with E-state index >= 15 is 0 Å². The molecule has 1 heterocycles. The molecule has 7 nitrogen and oxygen atoms in total. The number of aromatic amines is 1. The molecule has 0 aliphatic carbocycles. The zero-order valence-electron chi connectivity index (χ0n) is 20.0. The molecule has 1 atom stereocenters. The van der Waals surface area contributed by atoms with Gasteiger partial charge < -0.3 is 24.2 Å². The minimum absolute atomic E-state index is 0.0429. The predicted molar refractivity (Wildman–Crippen MR) is 134 cm³/mol. The Hall–Kier alpha value is -3.81. The molecule has 7 heteroatoms. The number of hydrogen-bond donors (Lipinski definition) is 3. The third-order valence-electron chi connectivity index (χ3n) is 5.93. The maximum atomic E-state index is 11.3. The highest BCUT2D eigenvalue weighted by Gasteiger charge is 2.14. The number of hydrogen-bond acceptors (Lipinski definition) is 6. The van der Waals surface area contributed by atoms with Gasteiger partial charge in [0.1, 0.15) is 30.8 Å². The van der Waals surface area contributed by atoms with Gasteiger partial charge in [-0.3, -0.25) is 4.79 Å². The van der Waals surface area contributed by atoms with Crippen molar-refractivity contribution in [3.63, 3.8) is 0 Å². The largest absolute Gasteiger partial charge is 0.491 e. The van der Waals surface area contributed by atoms with Crippen LogP contribution in [0.15, 0.2) is 70.0 Å². The van der Waals surface area contributed by atoms with Crippen molar-refractivity contribution in [3.8, 4) is 33.9 Å². The van der Waals surface area contributed by atoms with Crippen LogP contribution in [0.2, 0.25) is 0 Å². The predicted octanol–water partition coefficient (Wildman–Crippen LogP) is 4.54. The lowest BCUT2D eigenvalue weighted by molar-refractivity contribution is 0.0536. The molecule has 182 valence electrons. The molecule has 0 saturated carbocycles. The Balaban J connectivity index is 1.50. The van der Waals surface area contributed by atoms with E-state index in [0.29, 0.717) is 18.1 Å². The average Bonchev–Trinajstić information content (AvgIpc) is 3.29. The molecule has 0 aliphatic rings. The van der Waals surface area contributed by atoms with Gasteiger partial charge in [0, 0.05) is 5.56 Å². The Morgan fingerprint density at radius 1 is 0.943 bits per heavy atom. The molecule has 3 N–H and O–H groups in total. The highest BCUT2D eigenvalue weighted by atomic mass is 16.5. The molecule has 4 aromatic rings. The number of benzene rings is 3. The summed E-state index contributed by atoms with van der Waals surface area (Å²) in [7, 11) is 0. The first-order chi connectivity index (χ1) is 16.9. The van der Waals surface area contributed by atoms with Gasteiger partial charge in [-0.05, 0) is 90.6 Å². The highest BCUT2D eigenvalue weighted by molar-refractivity contribution is 5.75. The SMILES string of the molecule is Cc1cc(OC[C@H](O)CO)cc(C)c1-c1cccc(COc2ccc(-c3cc(=O)[nH]o3)cc2)c1C. The summed E-state index contributed by atoms with van der Waals surface area (Å²) in [5.41, 5.74) is 7.11. The van der Waals surface area contributed by atoms with Gasteiger partial charge in [0.15, 0.2) is 5.76 Å². The van der Waals surface area contributed by atoms with Crippen LogP contribution >= 0.6 is 0 Å². The minimum Gasteiger partial charge on any atom is -0.491 e. The van der Waals surface area contributed by atoms with Crippen molar-refractivity contribution < 1.29 is 24.2 Å². The van der Waals surface area contributed by atoms with Gasteiger partial charge in [-0.15, -0.1) is 0 Å². The average molecular weight is 476 g/mol. The topological polar surface area (TPSA) is 105 Å². The molecular weight excluding hydrogens is 446 g/mol. The minimum atomic E-state index is -0.903. The number of aliphatic hydroxyl groups excluding tert-OH is 2. The first-order valence-corrected chi connectivity index (χ1v) is 11.4. The van der Waals surface area contributed by atoms with Crippen LogP contribution in [0.3, 0.4) is 0 Å². The Morgan fingerprint density at radius 2 is 1.66 bits per heavy atom. The van der Waals surface area contributed by atoms with Crippen LogP contribution in [0.5, 0.6) is 11.5 Å². The lowest BCUT2D eigenvalue weighted by atomic mass is 9.90. The molecule has 0 spiro atoms. The van der Waals surface area contributed by atoms with Gasteiger partial charge >= 0.3 is 0 Å². The summed E-state index contributed by atoms with van der Waals surface area (Å²) in [4.78, 5) is 11.3. The third-order valence-corrected chi connectivity index (χ3v) is 5.93. The number of rotatable bonds is 9. The van der Waals surface area contributed by atoms with Gasteiger partial charge in [0.05, 0.1) is 12.7 Å². The second-order valence-electron chi connectivity index (χ2n) is 8.56. The third kappa shape index (κ3) is 5.65. The summed E-state index contributed by atoms with van der Waals surface area (Å²) in [5.74, 6) is 1.86. The van der Waals surface area contributed by atoms with E-state index in [0.717, 1.165) is 44.7 Å². The molecule has 0 saturated heterocycles. The maximum Gasteiger partial charge on any atom is 0.280 e. The molecule has 0 radical (unpaired) electrons. The number of H-pyrrole nitrogens is 1. The van der Waals surface area contributed by atoms with Crippen LogP contribution in [0.25, 0.3) is 22.5 Å². The fourth-order valence-corrected chi connectivity index (χ4v) is 4.09. The van der Waals surface area contributed by atoms with E-state index in [1.54, 1.807) is 0 Å². The highest BCUT2D eigenvalue weighted by Crippen LogP contribution is 2.34. The van der Waals surface area contributed by atoms with Crippen LogP contribution in [0, 0.1) is 20.8 Å². The number of aromatic nitrogens is 1. The van der Waals surface area contributed by atoms with Crippen molar-refractivity contribution in [2.75, 3.05) is 13.2 Å². The van der Waals surface area contributed by atoms with Gasteiger partial charge in [-0.25, -0.2) is 0 Å². The van der Waals surface area contributed by atoms with Crippen molar-refractivity contribution in [3.05, 3.63) is 93.3 Å². The first-order valence-electron chi connectivity index (χ1n) is 11.4. The van der Waals surface area contributed by atoms with E-state index in [2.05, 4.69) is 24.2 Å². The summed E-state index contributed by atoms with van der Waals surface area (Å²) < 4.78 is 16.8. The standard InChI is InChI=1S/C28H29NO6/c1-17-11-24(34-16-22(31)14-30)12-18(2)28(17)25-6-4-5-21(19(25)3)15-33-23-9-7-20(8-10-23)26-13-27(32)29-35-26/h4-13,22,30-31H,14-16H2,1-3H3,(H,29,32)/t22-/m1/s1. The van der Waals surface area contributed by atoms with Gasteiger partial charge in [-0.1, -0.05) is 18.2 Å². The molecule has 0 bridgehead atoms. The van der Waals surface area contributed by atoms with Gasteiger partial charge in [0.25, 0.3) is 5.56 Å². The van der Waals surface area contributed by atoms with Crippen molar-refractivity contribution in [2.24, 2.45) is 0 Å². The van der Waals surface area contributed by atoms with E-state index in [1.165, 1.54) is 6.07 Å². The summed E-state index contributed by atoms with van der Waals surface area (Å²) in [6.07, 6.45) is -0.903. The van der Waals surface area contributed by atoms with E-state index in [9.17, 15) is 9.90 Å². The normalized spacial score (nSPS) is 11.9. The summed E-state index contributed by atoms with van der Waals surface area (Å²) in [5, 5.41) is 20.8.